The van der Waals surface area contributed by atoms with Crippen LogP contribution in [0.5, 0.6) is 11.6 Å². The molecule has 1 aromatic carbocycles. The number of hydrogen-bond acceptors (Lipinski definition) is 10. The first-order chi connectivity index (χ1) is 28.2. The van der Waals surface area contributed by atoms with Gasteiger partial charge in [0.15, 0.2) is 11.4 Å². The van der Waals surface area contributed by atoms with Crippen LogP contribution in [0.3, 0.4) is 0 Å². The largest absolute Gasteiger partial charge is 0.491 e. The first kappa shape index (κ1) is 43.9. The molecule has 0 unspecified atom stereocenters. The number of hydrogen-bond donors (Lipinski definition) is 1. The monoisotopic (exact) mass is 859 g/mol. The van der Waals surface area contributed by atoms with Gasteiger partial charge < -0.3 is 19.1 Å². The zero-order valence-corrected chi connectivity index (χ0v) is 35.8. The highest BCUT2D eigenvalue weighted by atomic mass is 32.2. The minimum atomic E-state index is -4.39. The number of nitrogens with zero attached hydrogens (tertiary/aromatic N) is 2. The first-order valence-electron chi connectivity index (χ1n) is 21.1. The molecule has 3 aliphatic heterocycles. The van der Waals surface area contributed by atoms with Gasteiger partial charge in [-0.2, -0.15) is 0 Å². The number of halogens is 3. The number of sulfonamides is 1. The maximum Gasteiger partial charge on any atom is 0.307 e. The van der Waals surface area contributed by atoms with Crippen LogP contribution in [0, 0.1) is 29.1 Å². The van der Waals surface area contributed by atoms with E-state index in [1.54, 1.807) is 0 Å². The van der Waals surface area contributed by atoms with Gasteiger partial charge in [0, 0.05) is 30.5 Å². The molecule has 7 atom stereocenters. The number of esters is 1. The SMILES string of the molecule is C[C@H]1CC/C=C\[C@@H]2C[C@@]2(C(=O)NS(=O)(=O)C2(CF)CC2)CC(=O)[C@@H]2C[C@@H](Oc3nc4c(c5ccccc35)OCCC4)CN2C(=O)[C@@H](CC(=O)OC(C)(C)C(C)(F)F)[C@H](C)C1. The van der Waals surface area contributed by atoms with Crippen LogP contribution in [-0.2, 0) is 40.4 Å². The van der Waals surface area contributed by atoms with Crippen LogP contribution < -0.4 is 14.2 Å². The van der Waals surface area contributed by atoms with E-state index < -0.39 is 105 Å². The quantitative estimate of drug-likeness (QED) is 0.199. The number of Topliss-reactive ketones (excluding diaryl/α,β-unsaturated/α-hetero) is 1. The maximum atomic E-state index is 15.0. The van der Waals surface area contributed by atoms with Crippen LogP contribution in [0.2, 0.25) is 0 Å². The second-order valence-corrected chi connectivity index (χ2v) is 20.6. The van der Waals surface area contributed by atoms with Crippen molar-refractivity contribution in [2.45, 2.75) is 134 Å². The van der Waals surface area contributed by atoms with Crippen molar-refractivity contribution < 1.29 is 55.0 Å². The molecular formula is C44H56F3N3O9S. The number of benzene rings is 1. The Morgan fingerprint density at radius 2 is 1.80 bits per heavy atom. The standard InChI is InChI=1S/C44H56F3N3O9S/c1-26-11-6-7-12-28-22-44(28,40(54)49-60(55,56)43(25-45)16-17-43)23-35(51)34-20-29(58-38-31-14-9-8-13-30(31)37-33(48-38)15-10-18-57-37)24-50(34)39(53)32(27(2)19-26)21-36(52)59-41(3,4)42(5,46)47/h7-9,12-14,26-29,32,34H,6,10-11,15-25H2,1-5H3,(H,49,54)/b12-7-/t26-,27+,28+,29+,32-,34-,44+/m0/s1. The summed E-state index contributed by atoms with van der Waals surface area (Å²) >= 11 is 0. The molecule has 2 amide bonds. The predicted octanol–water partition coefficient (Wildman–Crippen LogP) is 6.82. The van der Waals surface area contributed by atoms with E-state index in [9.17, 15) is 40.8 Å². The molecule has 12 nitrogen and oxygen atoms in total. The molecule has 0 spiro atoms. The number of aromatic nitrogens is 1. The summed E-state index contributed by atoms with van der Waals surface area (Å²) in [4.78, 5) is 63.5. The Morgan fingerprint density at radius 1 is 1.08 bits per heavy atom. The summed E-state index contributed by atoms with van der Waals surface area (Å²) in [6.07, 6.45) is 5.52. The number of carbonyl (C=O) groups is 4. The zero-order valence-electron chi connectivity index (χ0n) is 34.9. The molecule has 1 saturated heterocycles. The van der Waals surface area contributed by atoms with Crippen LogP contribution in [-0.4, -0.2) is 90.1 Å². The Bertz CT molecular complexity index is 2170. The molecule has 1 aromatic heterocycles. The number of ketones is 1. The van der Waals surface area contributed by atoms with E-state index in [0.29, 0.717) is 61.9 Å². The van der Waals surface area contributed by atoms with Crippen LogP contribution in [0.15, 0.2) is 36.4 Å². The summed E-state index contributed by atoms with van der Waals surface area (Å²) in [6, 6.07) is 6.31. The molecule has 0 radical (unpaired) electrons. The third kappa shape index (κ3) is 8.50. The van der Waals surface area contributed by atoms with E-state index in [4.69, 9.17) is 19.2 Å². The molecule has 1 N–H and O–H groups in total. The van der Waals surface area contributed by atoms with Crippen molar-refractivity contribution in [3.05, 3.63) is 42.1 Å². The van der Waals surface area contributed by atoms with Gasteiger partial charge in [0.1, 0.15) is 23.3 Å². The van der Waals surface area contributed by atoms with Gasteiger partial charge in [-0.15, -0.1) is 0 Å². The Balaban J connectivity index is 1.24. The maximum absolute atomic E-state index is 15.0. The molecule has 0 bridgehead atoms. The minimum absolute atomic E-state index is 0.00727. The highest BCUT2D eigenvalue weighted by Crippen LogP contribution is 2.58. The fourth-order valence-corrected chi connectivity index (χ4v) is 10.5. The molecule has 7 rings (SSSR count). The molecule has 4 heterocycles. The van der Waals surface area contributed by atoms with Gasteiger partial charge in [0.05, 0.1) is 42.6 Å². The summed E-state index contributed by atoms with van der Waals surface area (Å²) in [5.41, 5.74) is -2.91. The van der Waals surface area contributed by atoms with E-state index in [1.165, 1.54) is 4.90 Å². The zero-order chi connectivity index (χ0) is 43.4. The predicted molar refractivity (Wildman–Crippen MR) is 215 cm³/mol. The van der Waals surface area contributed by atoms with Crippen molar-refractivity contribution >= 4 is 44.4 Å². The van der Waals surface area contributed by atoms with Crippen LogP contribution in [0.1, 0.15) is 105 Å². The third-order valence-corrected chi connectivity index (χ3v) is 15.7. The fourth-order valence-electron chi connectivity index (χ4n) is 9.08. The fraction of sp³-hybridized carbons (Fsp3) is 0.659. The molecular weight excluding hydrogens is 804 g/mol. The van der Waals surface area contributed by atoms with Crippen LogP contribution in [0.4, 0.5) is 13.2 Å². The lowest BCUT2D eigenvalue weighted by atomic mass is 9.82. The van der Waals surface area contributed by atoms with E-state index in [2.05, 4.69) is 4.72 Å². The van der Waals surface area contributed by atoms with Crippen molar-refractivity contribution in [2.24, 2.45) is 29.1 Å². The van der Waals surface area contributed by atoms with Gasteiger partial charge in [-0.25, -0.2) is 26.6 Å². The summed E-state index contributed by atoms with van der Waals surface area (Å²) in [5.74, 6) is -7.30. The molecule has 2 saturated carbocycles. The number of nitrogens with one attached hydrogen (secondary N) is 1. The van der Waals surface area contributed by atoms with Crippen molar-refractivity contribution in [2.75, 3.05) is 19.8 Å². The van der Waals surface area contributed by atoms with Crippen molar-refractivity contribution in [3.63, 3.8) is 0 Å². The highest BCUT2D eigenvalue weighted by molar-refractivity contribution is 7.91. The molecule has 328 valence electrons. The number of pyridine rings is 1. The molecule has 5 aliphatic rings. The van der Waals surface area contributed by atoms with E-state index in [-0.39, 0.29) is 38.1 Å². The van der Waals surface area contributed by atoms with E-state index in [0.717, 1.165) is 25.7 Å². The van der Waals surface area contributed by atoms with Gasteiger partial charge in [0.25, 0.3) is 5.92 Å². The third-order valence-electron chi connectivity index (χ3n) is 13.6. The lowest BCUT2D eigenvalue weighted by molar-refractivity contribution is -0.197. The number of rotatable bonds is 10. The van der Waals surface area contributed by atoms with Crippen LogP contribution >= 0.6 is 0 Å². The lowest BCUT2D eigenvalue weighted by Gasteiger charge is -2.34. The number of carbonyl (C=O) groups excluding carboxylic acids is 4. The smallest absolute Gasteiger partial charge is 0.307 e. The average Bonchev–Trinajstić information content (AvgIpc) is 4.09. The Morgan fingerprint density at radius 3 is 2.48 bits per heavy atom. The Kier molecular flexibility index (Phi) is 11.9. The van der Waals surface area contributed by atoms with Gasteiger partial charge >= 0.3 is 5.97 Å². The molecule has 16 heteroatoms. The molecule has 2 aromatic rings. The number of aryl methyl sites for hydroxylation is 1. The topological polar surface area (TPSA) is 158 Å². The van der Waals surface area contributed by atoms with E-state index >= 15 is 0 Å². The molecule has 2 aliphatic carbocycles. The second-order valence-electron chi connectivity index (χ2n) is 18.5. The van der Waals surface area contributed by atoms with Crippen molar-refractivity contribution in [3.8, 4) is 11.6 Å². The van der Waals surface area contributed by atoms with Crippen molar-refractivity contribution in [1.82, 2.24) is 14.6 Å². The van der Waals surface area contributed by atoms with Crippen LogP contribution in [0.25, 0.3) is 10.8 Å². The molecule has 60 heavy (non-hydrogen) atoms. The van der Waals surface area contributed by atoms with Crippen molar-refractivity contribution in [1.29, 1.82) is 0 Å². The van der Waals surface area contributed by atoms with E-state index in [1.807, 2.05) is 50.3 Å². The molecule has 3 fully saturated rings. The summed E-state index contributed by atoms with van der Waals surface area (Å²) < 4.78 is 87.7. The average molecular weight is 860 g/mol. The Labute approximate surface area is 349 Å². The van der Waals surface area contributed by atoms with Gasteiger partial charge in [-0.3, -0.25) is 23.9 Å². The van der Waals surface area contributed by atoms with Gasteiger partial charge in [-0.05, 0) is 89.0 Å². The number of allylic oxidation sites excluding steroid dienone is 2. The summed E-state index contributed by atoms with van der Waals surface area (Å²) in [6.45, 7) is 6.01. The summed E-state index contributed by atoms with van der Waals surface area (Å²) in [7, 11) is -4.39. The Hall–Kier alpha value is -4.21. The number of amides is 2. The minimum Gasteiger partial charge on any atom is -0.491 e. The summed E-state index contributed by atoms with van der Waals surface area (Å²) in [5, 5.41) is 1.47. The van der Waals surface area contributed by atoms with Gasteiger partial charge in [0.2, 0.25) is 27.7 Å². The first-order valence-corrected chi connectivity index (χ1v) is 22.6. The normalized spacial score (nSPS) is 30.1. The lowest BCUT2D eigenvalue weighted by Crippen LogP contribution is -2.49. The number of fused-ring (bicyclic) bond motifs is 5. The number of ether oxygens (including phenoxy) is 3. The highest BCUT2D eigenvalue weighted by Gasteiger charge is 2.63. The second kappa shape index (κ2) is 16.2. The van der Waals surface area contributed by atoms with Gasteiger partial charge in [-0.1, -0.05) is 44.2 Å². The number of alkyl halides is 3.